The quantitative estimate of drug-likeness (QED) is 0.686. The lowest BCUT2D eigenvalue weighted by atomic mass is 10.1. The monoisotopic (exact) mass is 315 g/mol. The van der Waals surface area contributed by atoms with Crippen molar-refractivity contribution >= 4 is 22.6 Å². The van der Waals surface area contributed by atoms with Crippen LogP contribution in [0, 0.1) is 3.70 Å². The van der Waals surface area contributed by atoms with Gasteiger partial charge in [-0.1, -0.05) is 0 Å². The highest BCUT2D eigenvalue weighted by Crippen LogP contribution is 2.29. The van der Waals surface area contributed by atoms with Crippen LogP contribution >= 0.6 is 22.6 Å². The number of aliphatic hydroxyl groups is 1. The zero-order chi connectivity index (χ0) is 10.7. The number of methoxy groups -OCH3 is 1. The van der Waals surface area contributed by atoms with Gasteiger partial charge >= 0.3 is 0 Å². The summed E-state index contributed by atoms with van der Waals surface area (Å²) in [7, 11) is 1.39. The lowest BCUT2D eigenvalue weighted by Crippen LogP contribution is -2.02. The molecular weight excluding hydrogens is 307 g/mol. The molecule has 78 valence electrons. The van der Waals surface area contributed by atoms with Crippen LogP contribution < -0.4 is 4.74 Å². The van der Waals surface area contributed by atoms with Crippen molar-refractivity contribution in [2.75, 3.05) is 7.11 Å². The molecule has 0 saturated heterocycles. The minimum Gasteiger partial charge on any atom is -0.481 e. The van der Waals surface area contributed by atoms with E-state index in [1.54, 1.807) is 22.6 Å². The van der Waals surface area contributed by atoms with Crippen molar-refractivity contribution in [1.82, 2.24) is 4.98 Å². The average Bonchev–Trinajstić information content (AvgIpc) is 2.15. The fourth-order valence-corrected chi connectivity index (χ4v) is 1.83. The summed E-state index contributed by atoms with van der Waals surface area (Å²) in [4.78, 5) is 3.79. The van der Waals surface area contributed by atoms with Gasteiger partial charge in [-0.15, -0.1) is 0 Å². The van der Waals surface area contributed by atoms with Crippen molar-refractivity contribution < 1.29 is 18.6 Å². The van der Waals surface area contributed by atoms with E-state index in [9.17, 15) is 8.78 Å². The SMILES string of the molecule is COc1cc(CO)c(C(F)F)c(I)n1. The molecule has 3 nitrogen and oxygen atoms in total. The van der Waals surface area contributed by atoms with Crippen molar-refractivity contribution in [3.05, 3.63) is 20.9 Å². The highest BCUT2D eigenvalue weighted by atomic mass is 127. The molecule has 0 spiro atoms. The number of hydrogen-bond acceptors (Lipinski definition) is 3. The second kappa shape index (κ2) is 4.83. The Morgan fingerprint density at radius 3 is 2.71 bits per heavy atom. The Balaban J connectivity index is 3.27. The van der Waals surface area contributed by atoms with Gasteiger partial charge in [0.2, 0.25) is 5.88 Å². The first-order valence-electron chi connectivity index (χ1n) is 3.72. The minimum atomic E-state index is -2.64. The molecular formula is C8H8F2INO2. The maximum atomic E-state index is 12.5. The summed E-state index contributed by atoms with van der Waals surface area (Å²) in [5.41, 5.74) is -0.0786. The van der Waals surface area contributed by atoms with Crippen LogP contribution in [-0.2, 0) is 6.61 Å². The number of pyridine rings is 1. The van der Waals surface area contributed by atoms with Gasteiger partial charge in [-0.05, 0) is 28.2 Å². The molecule has 1 rings (SSSR count). The molecule has 1 heterocycles. The normalized spacial score (nSPS) is 10.7. The van der Waals surface area contributed by atoms with Crippen molar-refractivity contribution in [3.63, 3.8) is 0 Å². The largest absolute Gasteiger partial charge is 0.481 e. The maximum Gasteiger partial charge on any atom is 0.266 e. The third kappa shape index (κ3) is 2.30. The highest BCUT2D eigenvalue weighted by Gasteiger charge is 2.18. The summed E-state index contributed by atoms with van der Waals surface area (Å²) in [6.45, 7) is -0.450. The number of hydrogen-bond donors (Lipinski definition) is 1. The third-order valence-electron chi connectivity index (χ3n) is 1.67. The van der Waals surface area contributed by atoms with Crippen LogP contribution in [0.15, 0.2) is 6.07 Å². The highest BCUT2D eigenvalue weighted by molar-refractivity contribution is 14.1. The van der Waals surface area contributed by atoms with E-state index in [0.29, 0.717) is 0 Å². The first-order valence-corrected chi connectivity index (χ1v) is 4.80. The Hall–Kier alpha value is -0.500. The molecule has 0 bridgehead atoms. The Labute approximate surface area is 93.2 Å². The van der Waals surface area contributed by atoms with Gasteiger partial charge in [-0.25, -0.2) is 13.8 Å². The van der Waals surface area contributed by atoms with Gasteiger partial charge in [0.25, 0.3) is 6.43 Å². The van der Waals surface area contributed by atoms with Gasteiger partial charge in [0, 0.05) is 6.07 Å². The maximum absolute atomic E-state index is 12.5. The number of nitrogens with zero attached hydrogens (tertiary/aromatic N) is 1. The van der Waals surface area contributed by atoms with Crippen molar-refractivity contribution in [3.8, 4) is 5.88 Å². The van der Waals surface area contributed by atoms with E-state index in [4.69, 9.17) is 9.84 Å². The number of aromatic nitrogens is 1. The Kier molecular flexibility index (Phi) is 3.99. The number of halogens is 3. The molecule has 0 atom stereocenters. The summed E-state index contributed by atoms with van der Waals surface area (Å²) in [5.74, 6) is 0.225. The molecule has 1 aromatic rings. The average molecular weight is 315 g/mol. The lowest BCUT2D eigenvalue weighted by Gasteiger charge is -2.10. The summed E-state index contributed by atoms with van der Waals surface area (Å²) >= 11 is 1.69. The lowest BCUT2D eigenvalue weighted by molar-refractivity contribution is 0.145. The number of ether oxygens (including phenoxy) is 1. The second-order valence-electron chi connectivity index (χ2n) is 2.49. The summed E-state index contributed by atoms with van der Waals surface area (Å²) < 4.78 is 30.0. The number of alkyl halides is 2. The van der Waals surface area contributed by atoms with E-state index in [0.717, 1.165) is 0 Å². The number of rotatable bonds is 3. The van der Waals surface area contributed by atoms with Crippen LogP contribution in [0.3, 0.4) is 0 Å². The predicted octanol–water partition coefficient (Wildman–Crippen LogP) is 2.12. The molecule has 0 aliphatic carbocycles. The van der Waals surface area contributed by atoms with Gasteiger partial charge in [-0.2, -0.15) is 0 Å². The molecule has 0 aromatic carbocycles. The van der Waals surface area contributed by atoms with Gasteiger partial charge in [0.1, 0.15) is 3.70 Å². The van der Waals surface area contributed by atoms with E-state index in [1.807, 2.05) is 0 Å². The molecule has 0 unspecified atom stereocenters. The molecule has 0 aliphatic rings. The molecule has 0 aliphatic heterocycles. The smallest absolute Gasteiger partial charge is 0.266 e. The first-order chi connectivity index (χ1) is 6.60. The van der Waals surface area contributed by atoms with Gasteiger partial charge in [0.15, 0.2) is 0 Å². The van der Waals surface area contributed by atoms with Gasteiger partial charge < -0.3 is 9.84 Å². The Morgan fingerprint density at radius 1 is 1.64 bits per heavy atom. The zero-order valence-corrected chi connectivity index (χ0v) is 9.46. The fraction of sp³-hybridized carbons (Fsp3) is 0.375. The van der Waals surface area contributed by atoms with E-state index in [1.165, 1.54) is 13.2 Å². The molecule has 1 N–H and O–H groups in total. The molecule has 1 aromatic heterocycles. The van der Waals surface area contributed by atoms with E-state index < -0.39 is 13.0 Å². The van der Waals surface area contributed by atoms with E-state index >= 15 is 0 Å². The molecule has 0 fully saturated rings. The fourth-order valence-electron chi connectivity index (χ4n) is 1.01. The number of aliphatic hydroxyl groups excluding tert-OH is 1. The summed E-state index contributed by atoms with van der Waals surface area (Å²) in [6.07, 6.45) is -2.64. The van der Waals surface area contributed by atoms with E-state index in [2.05, 4.69) is 4.98 Å². The second-order valence-corrected chi connectivity index (χ2v) is 3.51. The molecule has 0 radical (unpaired) electrons. The topological polar surface area (TPSA) is 42.4 Å². The standard InChI is InChI=1S/C8H8F2INO2/c1-14-5-2-4(3-13)6(7(9)10)8(11)12-5/h2,7,13H,3H2,1H3. The van der Waals surface area contributed by atoms with Crippen LogP contribution in [0.2, 0.25) is 0 Å². The van der Waals surface area contributed by atoms with Crippen LogP contribution in [0.4, 0.5) is 8.78 Å². The van der Waals surface area contributed by atoms with Crippen LogP contribution in [0.5, 0.6) is 5.88 Å². The van der Waals surface area contributed by atoms with E-state index in [-0.39, 0.29) is 20.7 Å². The zero-order valence-electron chi connectivity index (χ0n) is 7.30. The van der Waals surface area contributed by atoms with Crippen LogP contribution in [0.1, 0.15) is 17.6 Å². The molecule has 0 amide bonds. The Bertz CT molecular complexity index is 333. The summed E-state index contributed by atoms with van der Waals surface area (Å²) in [5, 5.41) is 8.89. The van der Waals surface area contributed by atoms with Crippen molar-refractivity contribution in [2.45, 2.75) is 13.0 Å². The van der Waals surface area contributed by atoms with Crippen LogP contribution in [-0.4, -0.2) is 17.2 Å². The summed E-state index contributed by atoms with van der Waals surface area (Å²) in [6, 6.07) is 1.31. The molecule has 0 saturated carbocycles. The predicted molar refractivity (Wildman–Crippen MR) is 54.4 cm³/mol. The molecule has 6 heteroatoms. The van der Waals surface area contributed by atoms with Gasteiger partial charge in [-0.3, -0.25) is 0 Å². The minimum absolute atomic E-state index is 0.149. The molecule has 14 heavy (non-hydrogen) atoms. The van der Waals surface area contributed by atoms with Crippen molar-refractivity contribution in [1.29, 1.82) is 0 Å². The van der Waals surface area contributed by atoms with Gasteiger partial charge in [0.05, 0.1) is 19.3 Å². The van der Waals surface area contributed by atoms with Crippen molar-refractivity contribution in [2.24, 2.45) is 0 Å². The van der Waals surface area contributed by atoms with Crippen LogP contribution in [0.25, 0.3) is 0 Å². The first kappa shape index (κ1) is 11.6. The Morgan fingerprint density at radius 2 is 2.29 bits per heavy atom. The third-order valence-corrected chi connectivity index (χ3v) is 2.49.